The summed E-state index contributed by atoms with van der Waals surface area (Å²) in [6.07, 6.45) is 0.831. The Labute approximate surface area is 149 Å². The molecule has 24 heavy (non-hydrogen) atoms. The van der Waals surface area contributed by atoms with E-state index < -0.39 is 0 Å². The Morgan fingerprint density at radius 1 is 1.25 bits per heavy atom. The molecule has 2 aromatic carbocycles. The standard InChI is InChI=1S/C18H20BrFN2O2/c1-22(15-6-3-2-4-7-15)11-5-10-21-18(23)13-24-17-9-8-14(20)12-16(17)19/h2-4,6-9,12H,5,10-11,13H2,1H3,(H,21,23). The van der Waals surface area contributed by atoms with Gasteiger partial charge in [0, 0.05) is 25.8 Å². The number of rotatable bonds is 8. The summed E-state index contributed by atoms with van der Waals surface area (Å²) in [7, 11) is 2.02. The highest BCUT2D eigenvalue weighted by Crippen LogP contribution is 2.25. The lowest BCUT2D eigenvalue weighted by atomic mass is 10.3. The molecule has 0 heterocycles. The van der Waals surface area contributed by atoms with Gasteiger partial charge in [-0.2, -0.15) is 0 Å². The molecule has 2 rings (SSSR count). The summed E-state index contributed by atoms with van der Waals surface area (Å²) in [4.78, 5) is 13.9. The molecule has 0 saturated heterocycles. The van der Waals surface area contributed by atoms with Crippen LogP contribution in [0.25, 0.3) is 0 Å². The average molecular weight is 395 g/mol. The number of amides is 1. The van der Waals surface area contributed by atoms with Crippen molar-refractivity contribution in [1.29, 1.82) is 0 Å². The maximum atomic E-state index is 13.0. The third-order valence-electron chi connectivity index (χ3n) is 3.44. The quantitative estimate of drug-likeness (QED) is 0.695. The minimum atomic E-state index is -0.360. The van der Waals surface area contributed by atoms with Crippen molar-refractivity contribution in [3.63, 3.8) is 0 Å². The average Bonchev–Trinajstić information content (AvgIpc) is 2.58. The largest absolute Gasteiger partial charge is 0.483 e. The third kappa shape index (κ3) is 5.85. The lowest BCUT2D eigenvalue weighted by Crippen LogP contribution is -2.31. The van der Waals surface area contributed by atoms with E-state index in [1.165, 1.54) is 18.2 Å². The third-order valence-corrected chi connectivity index (χ3v) is 4.06. The molecule has 0 bridgehead atoms. The van der Waals surface area contributed by atoms with Gasteiger partial charge in [0.2, 0.25) is 0 Å². The van der Waals surface area contributed by atoms with Crippen LogP contribution in [0.5, 0.6) is 5.75 Å². The van der Waals surface area contributed by atoms with Crippen molar-refractivity contribution < 1.29 is 13.9 Å². The van der Waals surface area contributed by atoms with Crippen molar-refractivity contribution in [2.45, 2.75) is 6.42 Å². The highest BCUT2D eigenvalue weighted by Gasteiger charge is 2.06. The van der Waals surface area contributed by atoms with Crippen LogP contribution in [0.4, 0.5) is 10.1 Å². The number of nitrogens with one attached hydrogen (secondary N) is 1. The topological polar surface area (TPSA) is 41.6 Å². The molecule has 0 radical (unpaired) electrons. The van der Waals surface area contributed by atoms with E-state index in [0.717, 1.165) is 18.7 Å². The van der Waals surface area contributed by atoms with Gasteiger partial charge in [-0.1, -0.05) is 18.2 Å². The Morgan fingerprint density at radius 2 is 2.00 bits per heavy atom. The number of nitrogens with zero attached hydrogens (tertiary/aromatic N) is 1. The fraction of sp³-hybridized carbons (Fsp3) is 0.278. The molecule has 0 fully saturated rings. The van der Waals surface area contributed by atoms with Crippen molar-refractivity contribution in [2.24, 2.45) is 0 Å². The first-order valence-electron chi connectivity index (χ1n) is 7.67. The Hall–Kier alpha value is -2.08. The first kappa shape index (κ1) is 18.3. The second kappa shape index (κ2) is 9.27. The predicted molar refractivity (Wildman–Crippen MR) is 96.9 cm³/mol. The van der Waals surface area contributed by atoms with Crippen molar-refractivity contribution in [3.8, 4) is 5.75 Å². The number of benzene rings is 2. The molecular weight excluding hydrogens is 375 g/mol. The van der Waals surface area contributed by atoms with E-state index in [-0.39, 0.29) is 18.3 Å². The van der Waals surface area contributed by atoms with Crippen LogP contribution in [-0.4, -0.2) is 32.7 Å². The summed E-state index contributed by atoms with van der Waals surface area (Å²) in [5, 5.41) is 2.81. The van der Waals surface area contributed by atoms with Crippen molar-refractivity contribution in [2.75, 3.05) is 31.6 Å². The molecule has 128 valence electrons. The Morgan fingerprint density at radius 3 is 2.71 bits per heavy atom. The van der Waals surface area contributed by atoms with Crippen LogP contribution in [-0.2, 0) is 4.79 Å². The van der Waals surface area contributed by atoms with E-state index in [1.807, 2.05) is 37.4 Å². The number of hydrogen-bond acceptors (Lipinski definition) is 3. The Balaban J connectivity index is 1.65. The number of halogens is 2. The van der Waals surface area contributed by atoms with Gasteiger partial charge in [-0.05, 0) is 52.7 Å². The van der Waals surface area contributed by atoms with Gasteiger partial charge in [-0.3, -0.25) is 4.79 Å². The second-order valence-corrected chi connectivity index (χ2v) is 6.18. The summed E-state index contributed by atoms with van der Waals surface area (Å²) < 4.78 is 18.8. The van der Waals surface area contributed by atoms with Crippen LogP contribution in [0.1, 0.15) is 6.42 Å². The zero-order valence-corrected chi connectivity index (χ0v) is 15.1. The molecule has 0 atom stereocenters. The molecule has 1 amide bonds. The summed E-state index contributed by atoms with van der Waals surface area (Å²) in [5.74, 6) is -0.120. The van der Waals surface area contributed by atoms with Crippen LogP contribution in [0.2, 0.25) is 0 Å². The number of carbonyl (C=O) groups is 1. The van der Waals surface area contributed by atoms with Gasteiger partial charge in [-0.25, -0.2) is 4.39 Å². The highest BCUT2D eigenvalue weighted by atomic mass is 79.9. The van der Waals surface area contributed by atoms with Crippen LogP contribution in [0.15, 0.2) is 53.0 Å². The fourth-order valence-corrected chi connectivity index (χ4v) is 2.61. The van der Waals surface area contributed by atoms with Gasteiger partial charge in [0.1, 0.15) is 11.6 Å². The normalized spacial score (nSPS) is 10.3. The minimum Gasteiger partial charge on any atom is -0.483 e. The SMILES string of the molecule is CN(CCCNC(=O)COc1ccc(F)cc1Br)c1ccccc1. The van der Waals surface area contributed by atoms with E-state index in [1.54, 1.807) is 0 Å². The van der Waals surface area contributed by atoms with Crippen molar-refractivity contribution >= 4 is 27.5 Å². The number of para-hydroxylation sites is 1. The van der Waals surface area contributed by atoms with Gasteiger partial charge in [0.15, 0.2) is 6.61 Å². The van der Waals surface area contributed by atoms with Crippen molar-refractivity contribution in [3.05, 3.63) is 58.8 Å². The molecule has 0 aliphatic carbocycles. The van der Waals surface area contributed by atoms with Gasteiger partial charge >= 0.3 is 0 Å². The minimum absolute atomic E-state index is 0.0985. The first-order valence-corrected chi connectivity index (χ1v) is 8.46. The summed E-state index contributed by atoms with van der Waals surface area (Å²) in [6, 6.07) is 14.2. The van der Waals surface area contributed by atoms with E-state index in [4.69, 9.17) is 4.74 Å². The van der Waals surface area contributed by atoms with Crippen LogP contribution >= 0.6 is 15.9 Å². The molecule has 0 spiro atoms. The van der Waals surface area contributed by atoms with E-state index in [0.29, 0.717) is 16.8 Å². The monoisotopic (exact) mass is 394 g/mol. The maximum Gasteiger partial charge on any atom is 0.257 e. The fourth-order valence-electron chi connectivity index (χ4n) is 2.14. The highest BCUT2D eigenvalue weighted by molar-refractivity contribution is 9.10. The Kier molecular flexibility index (Phi) is 7.06. The molecule has 6 heteroatoms. The maximum absolute atomic E-state index is 13.0. The Bertz CT molecular complexity index is 667. The van der Waals surface area contributed by atoms with Gasteiger partial charge in [0.05, 0.1) is 4.47 Å². The molecule has 0 saturated carbocycles. The molecular formula is C18H20BrFN2O2. The molecule has 0 aliphatic rings. The number of carbonyl (C=O) groups excluding carboxylic acids is 1. The molecule has 1 N–H and O–H groups in total. The lowest BCUT2D eigenvalue weighted by Gasteiger charge is -2.19. The first-order chi connectivity index (χ1) is 11.6. The predicted octanol–water partition coefficient (Wildman–Crippen LogP) is 3.61. The summed E-state index contributed by atoms with van der Waals surface area (Å²) in [5.41, 5.74) is 1.15. The zero-order chi connectivity index (χ0) is 17.4. The summed E-state index contributed by atoms with van der Waals surface area (Å²) >= 11 is 3.20. The van der Waals surface area contributed by atoms with E-state index in [9.17, 15) is 9.18 Å². The van der Waals surface area contributed by atoms with E-state index >= 15 is 0 Å². The zero-order valence-electron chi connectivity index (χ0n) is 13.5. The van der Waals surface area contributed by atoms with Crippen molar-refractivity contribution in [1.82, 2.24) is 5.32 Å². The lowest BCUT2D eigenvalue weighted by molar-refractivity contribution is -0.123. The van der Waals surface area contributed by atoms with Crippen LogP contribution in [0, 0.1) is 5.82 Å². The van der Waals surface area contributed by atoms with Gasteiger partial charge in [0.25, 0.3) is 5.91 Å². The summed E-state index contributed by atoms with van der Waals surface area (Å²) in [6.45, 7) is 1.32. The second-order valence-electron chi connectivity index (χ2n) is 5.32. The molecule has 0 aliphatic heterocycles. The number of hydrogen-bond donors (Lipinski definition) is 1. The molecule has 2 aromatic rings. The van der Waals surface area contributed by atoms with E-state index in [2.05, 4.69) is 26.1 Å². The van der Waals surface area contributed by atoms with Crippen LogP contribution < -0.4 is 15.0 Å². The number of anilines is 1. The molecule has 0 unspecified atom stereocenters. The number of ether oxygens (including phenoxy) is 1. The smallest absolute Gasteiger partial charge is 0.257 e. The van der Waals surface area contributed by atoms with Gasteiger partial charge < -0.3 is 15.0 Å². The molecule has 0 aromatic heterocycles. The molecule has 4 nitrogen and oxygen atoms in total. The van der Waals surface area contributed by atoms with Gasteiger partial charge in [-0.15, -0.1) is 0 Å². The van der Waals surface area contributed by atoms with Crippen LogP contribution in [0.3, 0.4) is 0 Å².